The molecule has 0 spiro atoms. The Kier molecular flexibility index (Phi) is 4.66. The van der Waals surface area contributed by atoms with Crippen LogP contribution in [-0.4, -0.2) is 6.04 Å². The first-order valence-corrected chi connectivity index (χ1v) is 7.58. The van der Waals surface area contributed by atoms with Crippen LogP contribution in [0.3, 0.4) is 0 Å². The van der Waals surface area contributed by atoms with Crippen LogP contribution in [0, 0.1) is 23.0 Å². The van der Waals surface area contributed by atoms with E-state index in [9.17, 15) is 8.78 Å². The third-order valence-corrected chi connectivity index (χ3v) is 4.50. The number of rotatable bonds is 2. The number of halogens is 2. The molecule has 1 nitrogen and oxygen atoms in total. The Bertz CT molecular complexity index is 431. The monoisotopic (exact) mass is 281 g/mol. The molecule has 112 valence electrons. The predicted octanol–water partition coefficient (Wildman–Crippen LogP) is 5.37. The summed E-state index contributed by atoms with van der Waals surface area (Å²) in [6, 6.07) is 4.19. The maximum Gasteiger partial charge on any atom is 0.149 e. The Morgan fingerprint density at radius 1 is 1.00 bits per heavy atom. The van der Waals surface area contributed by atoms with Gasteiger partial charge in [0.05, 0.1) is 0 Å². The molecule has 1 aromatic carbocycles. The van der Waals surface area contributed by atoms with Gasteiger partial charge in [-0.1, -0.05) is 33.3 Å². The van der Waals surface area contributed by atoms with Crippen molar-refractivity contribution in [3.63, 3.8) is 0 Å². The van der Waals surface area contributed by atoms with Crippen molar-refractivity contribution in [2.75, 3.05) is 5.32 Å². The molecular formula is C17H25F2N. The van der Waals surface area contributed by atoms with Gasteiger partial charge in [-0.25, -0.2) is 8.78 Å². The molecule has 2 atom stereocenters. The van der Waals surface area contributed by atoms with E-state index in [0.717, 1.165) is 25.7 Å². The SMILES string of the molecule is CC(C)(C)C1CCCC(Nc2c(F)cccc2F)CC1. The highest BCUT2D eigenvalue weighted by atomic mass is 19.1. The summed E-state index contributed by atoms with van der Waals surface area (Å²) in [6.45, 7) is 6.84. The molecule has 1 aromatic rings. The van der Waals surface area contributed by atoms with Gasteiger partial charge >= 0.3 is 0 Å². The average Bonchev–Trinajstić information content (AvgIpc) is 2.59. The van der Waals surface area contributed by atoms with Gasteiger partial charge in [-0.2, -0.15) is 0 Å². The lowest BCUT2D eigenvalue weighted by Crippen LogP contribution is -2.22. The fraction of sp³-hybridized carbons (Fsp3) is 0.647. The Morgan fingerprint density at radius 3 is 2.25 bits per heavy atom. The Balaban J connectivity index is 2.01. The van der Waals surface area contributed by atoms with Crippen LogP contribution in [0.1, 0.15) is 52.9 Å². The van der Waals surface area contributed by atoms with Crippen molar-refractivity contribution in [1.82, 2.24) is 0 Å². The molecular weight excluding hydrogens is 256 g/mol. The molecule has 1 aliphatic carbocycles. The molecule has 1 N–H and O–H groups in total. The van der Waals surface area contributed by atoms with E-state index in [0.29, 0.717) is 11.3 Å². The Hall–Kier alpha value is -1.12. The topological polar surface area (TPSA) is 12.0 Å². The van der Waals surface area contributed by atoms with Crippen LogP contribution in [0.15, 0.2) is 18.2 Å². The number of hydrogen-bond acceptors (Lipinski definition) is 1. The molecule has 0 aliphatic heterocycles. The van der Waals surface area contributed by atoms with Gasteiger partial charge in [0.15, 0.2) is 0 Å². The first-order chi connectivity index (χ1) is 9.38. The number of anilines is 1. The predicted molar refractivity (Wildman–Crippen MR) is 79.8 cm³/mol. The van der Waals surface area contributed by atoms with Crippen LogP contribution < -0.4 is 5.32 Å². The minimum atomic E-state index is -0.499. The third kappa shape index (κ3) is 3.71. The summed E-state index contributed by atoms with van der Waals surface area (Å²) < 4.78 is 27.3. The number of nitrogens with one attached hydrogen (secondary N) is 1. The number of para-hydroxylation sites is 1. The summed E-state index contributed by atoms with van der Waals surface area (Å²) in [7, 11) is 0. The minimum absolute atomic E-state index is 0.0340. The summed E-state index contributed by atoms with van der Waals surface area (Å²) in [5, 5.41) is 3.08. The number of benzene rings is 1. The van der Waals surface area contributed by atoms with Gasteiger partial charge in [-0.05, 0) is 49.1 Å². The molecule has 2 rings (SSSR count). The lowest BCUT2D eigenvalue weighted by atomic mass is 9.76. The first kappa shape index (κ1) is 15.3. The molecule has 0 heterocycles. The van der Waals surface area contributed by atoms with Gasteiger partial charge in [0.25, 0.3) is 0 Å². The maximum atomic E-state index is 13.7. The zero-order valence-electron chi connectivity index (χ0n) is 12.7. The Morgan fingerprint density at radius 2 is 1.65 bits per heavy atom. The van der Waals surface area contributed by atoms with E-state index in [1.165, 1.54) is 24.6 Å². The summed E-state index contributed by atoms with van der Waals surface area (Å²) >= 11 is 0. The molecule has 0 aromatic heterocycles. The van der Waals surface area contributed by atoms with Crippen molar-refractivity contribution in [3.8, 4) is 0 Å². The van der Waals surface area contributed by atoms with Crippen molar-refractivity contribution >= 4 is 5.69 Å². The van der Waals surface area contributed by atoms with Crippen molar-refractivity contribution < 1.29 is 8.78 Å². The summed E-state index contributed by atoms with van der Waals surface area (Å²) in [4.78, 5) is 0. The van der Waals surface area contributed by atoms with E-state index in [2.05, 4.69) is 26.1 Å². The standard InChI is InChI=1S/C17H25F2N/c1-17(2,3)12-6-4-7-13(11-10-12)20-16-14(18)8-5-9-15(16)19/h5,8-9,12-13,20H,4,6-7,10-11H2,1-3H3. The molecule has 1 fully saturated rings. The maximum absolute atomic E-state index is 13.7. The molecule has 1 aliphatic rings. The van der Waals surface area contributed by atoms with Crippen LogP contribution in [0.25, 0.3) is 0 Å². The lowest BCUT2D eigenvalue weighted by molar-refractivity contribution is 0.214. The highest BCUT2D eigenvalue weighted by Crippen LogP contribution is 2.37. The molecule has 0 amide bonds. The van der Waals surface area contributed by atoms with Crippen LogP contribution in [0.2, 0.25) is 0 Å². The normalized spacial score (nSPS) is 24.2. The summed E-state index contributed by atoms with van der Waals surface area (Å²) in [5.74, 6) is -0.303. The fourth-order valence-electron chi connectivity index (χ4n) is 3.15. The first-order valence-electron chi connectivity index (χ1n) is 7.58. The lowest BCUT2D eigenvalue weighted by Gasteiger charge is -2.29. The van der Waals surface area contributed by atoms with Gasteiger partial charge < -0.3 is 5.32 Å². The third-order valence-electron chi connectivity index (χ3n) is 4.50. The van der Waals surface area contributed by atoms with E-state index in [4.69, 9.17) is 0 Å². The second kappa shape index (κ2) is 6.11. The molecule has 3 heteroatoms. The molecule has 0 bridgehead atoms. The Labute approximate surface area is 120 Å². The number of hydrogen-bond donors (Lipinski definition) is 1. The molecule has 20 heavy (non-hydrogen) atoms. The van der Waals surface area contributed by atoms with E-state index >= 15 is 0 Å². The summed E-state index contributed by atoms with van der Waals surface area (Å²) in [6.07, 6.45) is 5.42. The van der Waals surface area contributed by atoms with Crippen molar-refractivity contribution in [1.29, 1.82) is 0 Å². The fourth-order valence-corrected chi connectivity index (χ4v) is 3.15. The van der Waals surface area contributed by atoms with Crippen molar-refractivity contribution in [2.24, 2.45) is 11.3 Å². The van der Waals surface area contributed by atoms with Gasteiger partial charge in [0.1, 0.15) is 17.3 Å². The van der Waals surface area contributed by atoms with Gasteiger partial charge in [-0.15, -0.1) is 0 Å². The van der Waals surface area contributed by atoms with Crippen LogP contribution >= 0.6 is 0 Å². The van der Waals surface area contributed by atoms with Crippen LogP contribution in [0.5, 0.6) is 0 Å². The van der Waals surface area contributed by atoms with Gasteiger partial charge in [-0.3, -0.25) is 0 Å². The van der Waals surface area contributed by atoms with Crippen molar-refractivity contribution in [2.45, 2.75) is 58.9 Å². The second-order valence-electron chi connectivity index (χ2n) is 7.01. The molecule has 2 unspecified atom stereocenters. The van der Waals surface area contributed by atoms with E-state index in [1.807, 2.05) is 0 Å². The molecule has 0 radical (unpaired) electrons. The highest BCUT2D eigenvalue weighted by Gasteiger charge is 2.28. The van der Waals surface area contributed by atoms with Crippen LogP contribution in [-0.2, 0) is 0 Å². The zero-order valence-corrected chi connectivity index (χ0v) is 12.7. The highest BCUT2D eigenvalue weighted by molar-refractivity contribution is 5.46. The van der Waals surface area contributed by atoms with Gasteiger partial charge in [0.2, 0.25) is 0 Å². The summed E-state index contributed by atoms with van der Waals surface area (Å²) in [5.41, 5.74) is 0.352. The van der Waals surface area contributed by atoms with Crippen molar-refractivity contribution in [3.05, 3.63) is 29.8 Å². The van der Waals surface area contributed by atoms with E-state index in [-0.39, 0.29) is 11.7 Å². The molecule has 1 saturated carbocycles. The smallest absolute Gasteiger partial charge is 0.149 e. The second-order valence-corrected chi connectivity index (χ2v) is 7.01. The average molecular weight is 281 g/mol. The molecule has 0 saturated heterocycles. The van der Waals surface area contributed by atoms with E-state index in [1.54, 1.807) is 0 Å². The largest absolute Gasteiger partial charge is 0.378 e. The quantitative estimate of drug-likeness (QED) is 0.718. The zero-order chi connectivity index (χ0) is 14.8. The van der Waals surface area contributed by atoms with Gasteiger partial charge in [0, 0.05) is 6.04 Å². The minimum Gasteiger partial charge on any atom is -0.378 e. The van der Waals surface area contributed by atoms with E-state index < -0.39 is 11.6 Å². The van der Waals surface area contributed by atoms with Crippen LogP contribution in [0.4, 0.5) is 14.5 Å².